The van der Waals surface area contributed by atoms with Crippen molar-refractivity contribution in [3.63, 3.8) is 0 Å². The van der Waals surface area contributed by atoms with Crippen LogP contribution in [0.3, 0.4) is 0 Å². The molecule has 0 spiro atoms. The average molecular weight is 243 g/mol. The average Bonchev–Trinajstić information content (AvgIpc) is 2.35. The molecule has 0 radical (unpaired) electrons. The molecule has 0 amide bonds. The zero-order valence-electron chi connectivity index (χ0n) is 11.1. The van der Waals surface area contributed by atoms with Crippen molar-refractivity contribution in [2.75, 3.05) is 18.1 Å². The largest absolute Gasteiger partial charge is 0.330 e. The molecule has 1 fully saturated rings. The number of thioether (sulfide) groups is 1. The van der Waals surface area contributed by atoms with E-state index in [1.807, 2.05) is 0 Å². The van der Waals surface area contributed by atoms with Gasteiger partial charge in [0.25, 0.3) is 0 Å². The van der Waals surface area contributed by atoms with Gasteiger partial charge >= 0.3 is 0 Å². The fourth-order valence-corrected chi connectivity index (χ4v) is 3.78. The Bertz CT molecular complexity index is 184. The summed E-state index contributed by atoms with van der Waals surface area (Å²) in [5.74, 6) is 3.54. The van der Waals surface area contributed by atoms with E-state index in [1.165, 1.54) is 56.5 Å². The molecule has 0 aromatic rings. The molecule has 16 heavy (non-hydrogen) atoms. The highest BCUT2D eigenvalue weighted by atomic mass is 32.2. The summed E-state index contributed by atoms with van der Waals surface area (Å²) in [7, 11) is 0. The second kappa shape index (κ2) is 7.60. The van der Waals surface area contributed by atoms with E-state index < -0.39 is 0 Å². The van der Waals surface area contributed by atoms with Crippen LogP contribution in [0.25, 0.3) is 0 Å². The maximum Gasteiger partial charge on any atom is -0.00204 e. The Hall–Kier alpha value is 0.310. The quantitative estimate of drug-likeness (QED) is 0.682. The molecule has 0 aliphatic heterocycles. The van der Waals surface area contributed by atoms with E-state index >= 15 is 0 Å². The molecule has 0 bridgehead atoms. The van der Waals surface area contributed by atoms with Crippen LogP contribution < -0.4 is 5.73 Å². The number of hydrogen-bond acceptors (Lipinski definition) is 2. The van der Waals surface area contributed by atoms with Crippen LogP contribution in [0.1, 0.15) is 58.8 Å². The van der Waals surface area contributed by atoms with Crippen molar-refractivity contribution in [3.05, 3.63) is 0 Å². The third-order valence-corrected chi connectivity index (χ3v) is 5.24. The van der Waals surface area contributed by atoms with Crippen molar-refractivity contribution in [1.29, 1.82) is 0 Å². The van der Waals surface area contributed by atoms with E-state index in [1.54, 1.807) is 0 Å². The van der Waals surface area contributed by atoms with Crippen LogP contribution in [0.5, 0.6) is 0 Å². The Labute approximate surface area is 106 Å². The van der Waals surface area contributed by atoms with Crippen molar-refractivity contribution in [1.82, 2.24) is 0 Å². The minimum absolute atomic E-state index is 0.507. The van der Waals surface area contributed by atoms with Gasteiger partial charge in [-0.15, -0.1) is 0 Å². The van der Waals surface area contributed by atoms with Gasteiger partial charge in [0.2, 0.25) is 0 Å². The summed E-state index contributed by atoms with van der Waals surface area (Å²) in [5.41, 5.74) is 6.57. The van der Waals surface area contributed by atoms with E-state index in [9.17, 15) is 0 Å². The van der Waals surface area contributed by atoms with Gasteiger partial charge in [-0.2, -0.15) is 11.8 Å². The van der Waals surface area contributed by atoms with Crippen LogP contribution in [0, 0.1) is 11.3 Å². The van der Waals surface area contributed by atoms with Crippen LogP contribution in [0.4, 0.5) is 0 Å². The molecule has 1 aliphatic carbocycles. The van der Waals surface area contributed by atoms with Gasteiger partial charge in [-0.25, -0.2) is 0 Å². The van der Waals surface area contributed by atoms with Gasteiger partial charge in [0.15, 0.2) is 0 Å². The van der Waals surface area contributed by atoms with E-state index in [4.69, 9.17) is 5.73 Å². The third-order valence-electron chi connectivity index (χ3n) is 4.25. The van der Waals surface area contributed by atoms with E-state index in [0.717, 1.165) is 12.5 Å². The Kier molecular flexibility index (Phi) is 6.83. The molecule has 1 nitrogen and oxygen atoms in total. The molecule has 2 unspecified atom stereocenters. The maximum absolute atomic E-state index is 6.06. The second-order valence-electron chi connectivity index (χ2n) is 5.38. The molecular formula is C14H29NS. The lowest BCUT2D eigenvalue weighted by Gasteiger charge is -2.40. The molecule has 0 aromatic carbocycles. The molecule has 0 heterocycles. The summed E-state index contributed by atoms with van der Waals surface area (Å²) in [6.45, 7) is 5.50. The predicted molar refractivity (Wildman–Crippen MR) is 76.0 cm³/mol. The highest BCUT2D eigenvalue weighted by Gasteiger charge is 2.33. The highest BCUT2D eigenvalue weighted by molar-refractivity contribution is 7.99. The second-order valence-corrected chi connectivity index (χ2v) is 6.77. The standard InChI is InChI=1S/C14H29NS/c1-3-13-7-5-8-14(11-13,12-15)9-6-10-16-4-2/h13H,3-12,15H2,1-2H3. The van der Waals surface area contributed by atoms with Crippen LogP contribution in [-0.2, 0) is 0 Å². The Balaban J connectivity index is 2.36. The Morgan fingerprint density at radius 1 is 1.38 bits per heavy atom. The lowest BCUT2D eigenvalue weighted by atomic mass is 9.67. The summed E-state index contributed by atoms with van der Waals surface area (Å²) < 4.78 is 0. The molecule has 1 saturated carbocycles. The van der Waals surface area contributed by atoms with Crippen molar-refractivity contribution >= 4 is 11.8 Å². The van der Waals surface area contributed by atoms with Gasteiger partial charge in [0, 0.05) is 0 Å². The van der Waals surface area contributed by atoms with Crippen molar-refractivity contribution in [2.45, 2.75) is 58.8 Å². The third kappa shape index (κ3) is 4.29. The Morgan fingerprint density at radius 3 is 2.81 bits per heavy atom. The number of nitrogens with two attached hydrogens (primary N) is 1. The van der Waals surface area contributed by atoms with Gasteiger partial charge in [0.05, 0.1) is 0 Å². The number of hydrogen-bond donors (Lipinski definition) is 1. The Morgan fingerprint density at radius 2 is 2.19 bits per heavy atom. The molecule has 1 rings (SSSR count). The van der Waals surface area contributed by atoms with Gasteiger partial charge in [-0.05, 0) is 55.1 Å². The topological polar surface area (TPSA) is 26.0 Å². The van der Waals surface area contributed by atoms with E-state index in [2.05, 4.69) is 25.6 Å². The summed E-state index contributed by atoms with van der Waals surface area (Å²) in [5, 5.41) is 0. The molecular weight excluding hydrogens is 214 g/mol. The van der Waals surface area contributed by atoms with E-state index in [-0.39, 0.29) is 0 Å². The van der Waals surface area contributed by atoms with E-state index in [0.29, 0.717) is 5.41 Å². The van der Waals surface area contributed by atoms with Crippen molar-refractivity contribution in [3.8, 4) is 0 Å². The molecule has 0 aromatic heterocycles. The number of rotatable bonds is 7. The molecule has 96 valence electrons. The van der Waals surface area contributed by atoms with Crippen molar-refractivity contribution < 1.29 is 0 Å². The van der Waals surface area contributed by atoms with Crippen LogP contribution >= 0.6 is 11.8 Å². The molecule has 2 N–H and O–H groups in total. The molecule has 2 atom stereocenters. The van der Waals surface area contributed by atoms with Gasteiger partial charge in [-0.1, -0.05) is 33.1 Å². The molecule has 2 heteroatoms. The minimum atomic E-state index is 0.507. The summed E-state index contributed by atoms with van der Waals surface area (Å²) in [6, 6.07) is 0. The van der Waals surface area contributed by atoms with Crippen LogP contribution in [0.2, 0.25) is 0 Å². The smallest absolute Gasteiger partial charge is 0.00204 e. The van der Waals surface area contributed by atoms with Gasteiger partial charge in [0.1, 0.15) is 0 Å². The summed E-state index contributed by atoms with van der Waals surface area (Å²) in [4.78, 5) is 0. The first kappa shape index (κ1) is 14.4. The minimum Gasteiger partial charge on any atom is -0.330 e. The lowest BCUT2D eigenvalue weighted by molar-refractivity contribution is 0.130. The monoisotopic (exact) mass is 243 g/mol. The zero-order chi connectivity index (χ0) is 11.9. The first-order valence-corrected chi connectivity index (χ1v) is 8.19. The van der Waals surface area contributed by atoms with Crippen molar-refractivity contribution in [2.24, 2.45) is 17.1 Å². The zero-order valence-corrected chi connectivity index (χ0v) is 12.0. The summed E-state index contributed by atoms with van der Waals surface area (Å²) >= 11 is 2.07. The maximum atomic E-state index is 6.06. The molecule has 1 aliphatic rings. The normalized spacial score (nSPS) is 30.6. The first-order valence-electron chi connectivity index (χ1n) is 7.04. The lowest BCUT2D eigenvalue weighted by Crippen LogP contribution is -2.36. The fraction of sp³-hybridized carbons (Fsp3) is 1.00. The van der Waals surface area contributed by atoms with Crippen LogP contribution in [0.15, 0.2) is 0 Å². The SMILES string of the molecule is CCSCCCC1(CN)CCCC(CC)C1. The fourth-order valence-electron chi connectivity index (χ4n) is 3.14. The van der Waals surface area contributed by atoms with Gasteiger partial charge in [-0.3, -0.25) is 0 Å². The van der Waals surface area contributed by atoms with Gasteiger partial charge < -0.3 is 5.73 Å². The molecule has 0 saturated heterocycles. The highest BCUT2D eigenvalue weighted by Crippen LogP contribution is 2.43. The van der Waals surface area contributed by atoms with Crippen LogP contribution in [-0.4, -0.2) is 18.1 Å². The predicted octanol–water partition coefficient (Wildman–Crippen LogP) is 4.07. The summed E-state index contributed by atoms with van der Waals surface area (Å²) in [6.07, 6.45) is 9.73. The first-order chi connectivity index (χ1) is 7.76.